The predicted molar refractivity (Wildman–Crippen MR) is 66.6 cm³/mol. The normalized spacial score (nSPS) is 19.9. The number of para-hydroxylation sites is 1. The zero-order valence-electron chi connectivity index (χ0n) is 9.14. The highest BCUT2D eigenvalue weighted by atomic mass is 32.1. The second-order valence-corrected chi connectivity index (χ2v) is 5.22. The van der Waals surface area contributed by atoms with E-state index in [2.05, 4.69) is 10.3 Å². The molecule has 17 heavy (non-hydrogen) atoms. The molecule has 1 saturated heterocycles. The first-order chi connectivity index (χ1) is 8.25. The molecule has 2 aromatic rings. The van der Waals surface area contributed by atoms with Gasteiger partial charge in [0.1, 0.15) is 5.01 Å². The zero-order valence-corrected chi connectivity index (χ0v) is 9.96. The van der Waals surface area contributed by atoms with E-state index in [9.17, 15) is 4.79 Å². The summed E-state index contributed by atoms with van der Waals surface area (Å²) in [5.41, 5.74) is 0.914. The van der Waals surface area contributed by atoms with Crippen LogP contribution in [0.5, 0.6) is 0 Å². The first-order valence-electron chi connectivity index (χ1n) is 5.62. The maximum atomic E-state index is 11.1. The monoisotopic (exact) mass is 248 g/mol. The number of hydrogen-bond donors (Lipinski definition) is 2. The van der Waals surface area contributed by atoms with Crippen molar-refractivity contribution in [3.05, 3.63) is 28.8 Å². The molecule has 1 aromatic carbocycles. The van der Waals surface area contributed by atoms with Gasteiger partial charge in [-0.2, -0.15) is 0 Å². The Morgan fingerprint density at radius 1 is 1.53 bits per heavy atom. The van der Waals surface area contributed by atoms with Crippen molar-refractivity contribution in [2.24, 2.45) is 0 Å². The molecule has 0 radical (unpaired) electrons. The molecular weight excluding hydrogens is 236 g/mol. The first kappa shape index (κ1) is 10.7. The van der Waals surface area contributed by atoms with Crippen LogP contribution in [-0.2, 0) is 0 Å². The van der Waals surface area contributed by atoms with Crippen LogP contribution in [0, 0.1) is 0 Å². The largest absolute Gasteiger partial charge is 0.478 e. The lowest BCUT2D eigenvalue weighted by atomic mass is 10.2. The van der Waals surface area contributed by atoms with Gasteiger partial charge in [-0.15, -0.1) is 11.3 Å². The molecule has 1 aliphatic rings. The van der Waals surface area contributed by atoms with Crippen molar-refractivity contribution >= 4 is 27.5 Å². The van der Waals surface area contributed by atoms with Crippen LogP contribution in [0.25, 0.3) is 10.2 Å². The van der Waals surface area contributed by atoms with Crippen molar-refractivity contribution in [2.75, 3.05) is 6.54 Å². The smallest absolute Gasteiger partial charge is 0.337 e. The highest BCUT2D eigenvalue weighted by molar-refractivity contribution is 7.18. The molecule has 0 bridgehead atoms. The molecule has 0 aliphatic carbocycles. The molecule has 0 spiro atoms. The van der Waals surface area contributed by atoms with E-state index in [1.165, 1.54) is 0 Å². The molecule has 3 rings (SSSR count). The molecule has 2 heterocycles. The molecular formula is C12H12N2O2S. The SMILES string of the molecule is O=C(O)c1cccc2sc(C3CCCN3)nc12. The topological polar surface area (TPSA) is 62.2 Å². The van der Waals surface area contributed by atoms with Crippen LogP contribution >= 0.6 is 11.3 Å². The molecule has 5 heteroatoms. The Balaban J connectivity index is 2.11. The average molecular weight is 248 g/mol. The van der Waals surface area contributed by atoms with Crippen molar-refractivity contribution in [3.8, 4) is 0 Å². The van der Waals surface area contributed by atoms with E-state index >= 15 is 0 Å². The number of carboxylic acid groups (broad SMARTS) is 1. The van der Waals surface area contributed by atoms with Gasteiger partial charge in [-0.05, 0) is 31.5 Å². The van der Waals surface area contributed by atoms with Gasteiger partial charge in [0.05, 0.1) is 21.8 Å². The van der Waals surface area contributed by atoms with Crippen LogP contribution in [0.15, 0.2) is 18.2 Å². The Morgan fingerprint density at radius 2 is 2.41 bits per heavy atom. The molecule has 1 aromatic heterocycles. The van der Waals surface area contributed by atoms with Gasteiger partial charge >= 0.3 is 5.97 Å². The van der Waals surface area contributed by atoms with E-state index in [4.69, 9.17) is 5.11 Å². The number of benzene rings is 1. The van der Waals surface area contributed by atoms with Crippen molar-refractivity contribution in [1.29, 1.82) is 0 Å². The lowest BCUT2D eigenvalue weighted by molar-refractivity contribution is 0.0699. The maximum Gasteiger partial charge on any atom is 0.337 e. The van der Waals surface area contributed by atoms with Crippen molar-refractivity contribution in [2.45, 2.75) is 18.9 Å². The second kappa shape index (κ2) is 4.09. The fraction of sp³-hybridized carbons (Fsp3) is 0.333. The Kier molecular flexibility index (Phi) is 2.57. The minimum absolute atomic E-state index is 0.294. The number of hydrogen-bond acceptors (Lipinski definition) is 4. The van der Waals surface area contributed by atoms with Crippen LogP contribution in [0.4, 0.5) is 0 Å². The van der Waals surface area contributed by atoms with E-state index in [0.717, 1.165) is 29.1 Å². The number of carboxylic acids is 1. The zero-order chi connectivity index (χ0) is 11.8. The summed E-state index contributed by atoms with van der Waals surface area (Å²) in [7, 11) is 0. The highest BCUT2D eigenvalue weighted by Crippen LogP contribution is 2.32. The van der Waals surface area contributed by atoms with Crippen molar-refractivity contribution in [1.82, 2.24) is 10.3 Å². The number of carbonyl (C=O) groups is 1. The van der Waals surface area contributed by atoms with E-state index in [1.54, 1.807) is 23.5 Å². The van der Waals surface area contributed by atoms with Crippen LogP contribution in [0.2, 0.25) is 0 Å². The van der Waals surface area contributed by atoms with E-state index in [0.29, 0.717) is 17.1 Å². The number of nitrogens with zero attached hydrogens (tertiary/aromatic N) is 1. The summed E-state index contributed by atoms with van der Waals surface area (Å²) in [5.74, 6) is -0.910. The van der Waals surface area contributed by atoms with E-state index in [1.807, 2.05) is 6.07 Å². The van der Waals surface area contributed by atoms with Gasteiger partial charge in [-0.3, -0.25) is 0 Å². The first-order valence-corrected chi connectivity index (χ1v) is 6.43. The third-order valence-corrected chi connectivity index (χ3v) is 4.16. The Hall–Kier alpha value is -1.46. The van der Waals surface area contributed by atoms with Gasteiger partial charge in [0, 0.05) is 0 Å². The van der Waals surface area contributed by atoms with Crippen molar-refractivity contribution in [3.63, 3.8) is 0 Å². The highest BCUT2D eigenvalue weighted by Gasteiger charge is 2.21. The Bertz CT molecular complexity index is 573. The lowest BCUT2D eigenvalue weighted by Gasteiger charge is -2.03. The fourth-order valence-corrected chi connectivity index (χ4v) is 3.29. The summed E-state index contributed by atoms with van der Waals surface area (Å²) in [5, 5.41) is 13.5. The lowest BCUT2D eigenvalue weighted by Crippen LogP contribution is -2.12. The average Bonchev–Trinajstić information content (AvgIpc) is 2.96. The van der Waals surface area contributed by atoms with Crippen molar-refractivity contribution < 1.29 is 9.90 Å². The number of thiazole rings is 1. The number of fused-ring (bicyclic) bond motifs is 1. The molecule has 1 fully saturated rings. The van der Waals surface area contributed by atoms with Gasteiger partial charge in [-0.25, -0.2) is 9.78 Å². The summed E-state index contributed by atoms with van der Waals surface area (Å²) in [4.78, 5) is 15.6. The molecule has 0 amide bonds. The molecule has 1 unspecified atom stereocenters. The second-order valence-electron chi connectivity index (χ2n) is 4.16. The molecule has 2 N–H and O–H groups in total. The van der Waals surface area contributed by atoms with Crippen LogP contribution in [0.3, 0.4) is 0 Å². The molecule has 1 aliphatic heterocycles. The molecule has 1 atom stereocenters. The minimum Gasteiger partial charge on any atom is -0.478 e. The molecule has 4 nitrogen and oxygen atoms in total. The van der Waals surface area contributed by atoms with Gasteiger partial charge in [0.2, 0.25) is 0 Å². The minimum atomic E-state index is -0.910. The fourth-order valence-electron chi connectivity index (χ4n) is 2.18. The van der Waals surface area contributed by atoms with E-state index < -0.39 is 5.97 Å². The predicted octanol–water partition coefficient (Wildman–Crippen LogP) is 2.42. The third kappa shape index (κ3) is 1.81. The van der Waals surface area contributed by atoms with Crippen LogP contribution < -0.4 is 5.32 Å². The van der Waals surface area contributed by atoms with E-state index in [-0.39, 0.29) is 0 Å². The maximum absolute atomic E-state index is 11.1. The molecule has 0 saturated carbocycles. The standard InChI is InChI=1S/C12H12N2O2S/c15-12(16)7-3-1-5-9-10(7)14-11(17-9)8-4-2-6-13-8/h1,3,5,8,13H,2,4,6H2,(H,15,16). The van der Waals surface area contributed by atoms with Crippen LogP contribution in [0.1, 0.15) is 34.2 Å². The quantitative estimate of drug-likeness (QED) is 0.856. The van der Waals surface area contributed by atoms with Crippen LogP contribution in [-0.4, -0.2) is 22.6 Å². The number of aromatic carboxylic acids is 1. The number of aromatic nitrogens is 1. The summed E-state index contributed by atoms with van der Waals surface area (Å²) < 4.78 is 0.952. The Morgan fingerprint density at radius 3 is 3.12 bits per heavy atom. The third-order valence-electron chi connectivity index (χ3n) is 3.02. The summed E-state index contributed by atoms with van der Waals surface area (Å²) >= 11 is 1.59. The van der Waals surface area contributed by atoms with Gasteiger partial charge in [0.15, 0.2) is 0 Å². The number of rotatable bonds is 2. The summed E-state index contributed by atoms with van der Waals surface area (Å²) in [6.07, 6.45) is 2.24. The van der Waals surface area contributed by atoms with Gasteiger partial charge in [-0.1, -0.05) is 6.07 Å². The van der Waals surface area contributed by atoms with Gasteiger partial charge < -0.3 is 10.4 Å². The summed E-state index contributed by atoms with van der Waals surface area (Å²) in [6.45, 7) is 1.02. The molecule has 88 valence electrons. The summed E-state index contributed by atoms with van der Waals surface area (Å²) in [6, 6.07) is 5.61. The van der Waals surface area contributed by atoms with Gasteiger partial charge in [0.25, 0.3) is 0 Å². The number of nitrogens with one attached hydrogen (secondary N) is 1. The Labute approximate surface area is 102 Å².